The van der Waals surface area contributed by atoms with Crippen LogP contribution in [-0.4, -0.2) is 5.91 Å². The monoisotopic (exact) mass is 267 g/mol. The number of nitrogens with one attached hydrogen (secondary N) is 1. The summed E-state index contributed by atoms with van der Waals surface area (Å²) < 4.78 is 5.62. The number of benzene rings is 2. The second kappa shape index (κ2) is 5.76. The molecule has 2 rings (SSSR count). The van der Waals surface area contributed by atoms with Crippen LogP contribution in [0.3, 0.4) is 0 Å². The first-order chi connectivity index (χ1) is 9.58. The van der Waals surface area contributed by atoms with E-state index < -0.39 is 0 Å². The van der Waals surface area contributed by atoms with Gasteiger partial charge in [-0.15, -0.1) is 0 Å². The van der Waals surface area contributed by atoms with Gasteiger partial charge in [0.1, 0.15) is 11.5 Å². The summed E-state index contributed by atoms with van der Waals surface area (Å²) in [4.78, 5) is 11.0. The Labute approximate surface area is 116 Å². The Bertz CT molecular complexity index is 690. The van der Waals surface area contributed by atoms with Gasteiger partial charge >= 0.3 is 0 Å². The fourth-order valence-corrected chi connectivity index (χ4v) is 1.67. The number of nitrogen functional groups attached to an aromatic ring is 1. The lowest BCUT2D eigenvalue weighted by Crippen LogP contribution is -2.07. The summed E-state index contributed by atoms with van der Waals surface area (Å²) in [5.74, 6) is 0.898. The van der Waals surface area contributed by atoms with Crippen molar-refractivity contribution in [3.63, 3.8) is 0 Å². The molecule has 0 aliphatic carbocycles. The third kappa shape index (κ3) is 3.27. The van der Waals surface area contributed by atoms with E-state index >= 15 is 0 Å². The number of carbonyl (C=O) groups excluding carboxylic acids is 1. The summed E-state index contributed by atoms with van der Waals surface area (Å²) in [6.07, 6.45) is 0. The highest BCUT2D eigenvalue weighted by atomic mass is 16.5. The molecule has 3 N–H and O–H groups in total. The quantitative estimate of drug-likeness (QED) is 0.837. The molecule has 0 aromatic heterocycles. The zero-order chi connectivity index (χ0) is 14.5. The lowest BCUT2D eigenvalue weighted by atomic mass is 10.2. The number of hydrogen-bond donors (Lipinski definition) is 2. The number of hydrogen-bond acceptors (Lipinski definition) is 4. The number of amides is 1. The second-order valence-electron chi connectivity index (χ2n) is 4.17. The Morgan fingerprint density at radius 2 is 2.00 bits per heavy atom. The topological polar surface area (TPSA) is 88.1 Å². The second-order valence-corrected chi connectivity index (χ2v) is 4.17. The Morgan fingerprint density at radius 3 is 2.65 bits per heavy atom. The third-order valence-electron chi connectivity index (χ3n) is 2.53. The molecule has 5 nitrogen and oxygen atoms in total. The molecular formula is C15H13N3O2. The van der Waals surface area contributed by atoms with Gasteiger partial charge in [0.05, 0.1) is 23.0 Å². The van der Waals surface area contributed by atoms with E-state index in [1.165, 1.54) is 6.92 Å². The summed E-state index contributed by atoms with van der Waals surface area (Å²) in [5.41, 5.74) is 7.30. The van der Waals surface area contributed by atoms with Gasteiger partial charge < -0.3 is 15.8 Å². The maximum atomic E-state index is 11.0. The van der Waals surface area contributed by atoms with Crippen LogP contribution < -0.4 is 15.8 Å². The van der Waals surface area contributed by atoms with Gasteiger partial charge in [-0.3, -0.25) is 4.79 Å². The molecule has 0 unspecified atom stereocenters. The predicted octanol–water partition coefficient (Wildman–Crippen LogP) is 2.89. The molecule has 0 heterocycles. The Morgan fingerprint density at radius 1 is 1.25 bits per heavy atom. The van der Waals surface area contributed by atoms with E-state index in [2.05, 4.69) is 5.32 Å². The highest BCUT2D eigenvalue weighted by Crippen LogP contribution is 2.28. The molecule has 0 bridgehead atoms. The molecule has 0 fully saturated rings. The molecule has 0 radical (unpaired) electrons. The molecule has 0 aliphatic heterocycles. The van der Waals surface area contributed by atoms with E-state index in [0.29, 0.717) is 28.4 Å². The molecule has 100 valence electrons. The van der Waals surface area contributed by atoms with Gasteiger partial charge in [-0.2, -0.15) is 5.26 Å². The predicted molar refractivity (Wildman–Crippen MR) is 76.4 cm³/mol. The molecule has 2 aromatic carbocycles. The SMILES string of the molecule is CC(=O)Nc1ccc(Oc2cccc(C#N)c2)cc1N. The minimum absolute atomic E-state index is 0.188. The van der Waals surface area contributed by atoms with Crippen LogP contribution in [0, 0.1) is 11.3 Å². The van der Waals surface area contributed by atoms with Gasteiger partial charge in [0.2, 0.25) is 5.91 Å². The van der Waals surface area contributed by atoms with E-state index in [1.807, 2.05) is 6.07 Å². The summed E-state index contributed by atoms with van der Waals surface area (Å²) in [5, 5.41) is 11.4. The number of anilines is 2. The number of rotatable bonds is 3. The van der Waals surface area contributed by atoms with Gasteiger partial charge in [0.15, 0.2) is 0 Å². The highest BCUT2D eigenvalue weighted by molar-refractivity contribution is 5.92. The average Bonchev–Trinajstić information content (AvgIpc) is 2.42. The standard InChI is InChI=1S/C15H13N3O2/c1-10(19)18-15-6-5-13(8-14(15)17)20-12-4-2-3-11(7-12)9-16/h2-8H,17H2,1H3,(H,18,19). The van der Waals surface area contributed by atoms with E-state index in [4.69, 9.17) is 15.7 Å². The van der Waals surface area contributed by atoms with E-state index in [0.717, 1.165) is 0 Å². The summed E-state index contributed by atoms with van der Waals surface area (Å²) >= 11 is 0. The molecule has 0 atom stereocenters. The van der Waals surface area contributed by atoms with Crippen molar-refractivity contribution < 1.29 is 9.53 Å². The summed E-state index contributed by atoms with van der Waals surface area (Å²) in [6.45, 7) is 1.41. The first-order valence-corrected chi connectivity index (χ1v) is 5.93. The van der Waals surface area contributed by atoms with Crippen LogP contribution in [0.2, 0.25) is 0 Å². The van der Waals surface area contributed by atoms with E-state index in [-0.39, 0.29) is 5.91 Å². The van der Waals surface area contributed by atoms with Gasteiger partial charge in [-0.25, -0.2) is 0 Å². The van der Waals surface area contributed by atoms with E-state index in [9.17, 15) is 4.79 Å². The average molecular weight is 267 g/mol. The van der Waals surface area contributed by atoms with Crippen LogP contribution in [0.15, 0.2) is 42.5 Å². The van der Waals surface area contributed by atoms with Gasteiger partial charge in [-0.1, -0.05) is 6.07 Å². The number of nitrogens with zero attached hydrogens (tertiary/aromatic N) is 1. The molecular weight excluding hydrogens is 254 g/mol. The molecule has 0 spiro atoms. The van der Waals surface area contributed by atoms with Crippen molar-refractivity contribution in [2.75, 3.05) is 11.1 Å². The van der Waals surface area contributed by atoms with Crippen LogP contribution in [-0.2, 0) is 4.79 Å². The van der Waals surface area contributed by atoms with Gasteiger partial charge in [-0.05, 0) is 30.3 Å². The third-order valence-corrected chi connectivity index (χ3v) is 2.53. The van der Waals surface area contributed by atoms with Gasteiger partial charge in [0, 0.05) is 13.0 Å². The normalized spacial score (nSPS) is 9.60. The first-order valence-electron chi connectivity index (χ1n) is 5.93. The number of carbonyl (C=O) groups is 1. The molecule has 5 heteroatoms. The Kier molecular flexibility index (Phi) is 3.87. The van der Waals surface area contributed by atoms with Crippen molar-refractivity contribution in [1.82, 2.24) is 0 Å². The van der Waals surface area contributed by atoms with Crippen molar-refractivity contribution in [2.45, 2.75) is 6.92 Å². The minimum Gasteiger partial charge on any atom is -0.457 e. The Hall–Kier alpha value is -3.00. The molecule has 0 saturated carbocycles. The largest absolute Gasteiger partial charge is 0.457 e. The molecule has 20 heavy (non-hydrogen) atoms. The maximum Gasteiger partial charge on any atom is 0.221 e. The van der Waals surface area contributed by atoms with Crippen molar-refractivity contribution in [3.05, 3.63) is 48.0 Å². The molecule has 0 aliphatic rings. The number of nitriles is 1. The van der Waals surface area contributed by atoms with Crippen molar-refractivity contribution >= 4 is 17.3 Å². The molecule has 2 aromatic rings. The Balaban J connectivity index is 2.20. The van der Waals surface area contributed by atoms with Crippen LogP contribution in [0.25, 0.3) is 0 Å². The van der Waals surface area contributed by atoms with Crippen molar-refractivity contribution in [1.29, 1.82) is 5.26 Å². The van der Waals surface area contributed by atoms with Crippen molar-refractivity contribution in [2.24, 2.45) is 0 Å². The van der Waals surface area contributed by atoms with Crippen LogP contribution in [0.4, 0.5) is 11.4 Å². The zero-order valence-electron chi connectivity index (χ0n) is 10.9. The zero-order valence-corrected chi connectivity index (χ0v) is 10.9. The summed E-state index contributed by atoms with van der Waals surface area (Å²) in [7, 11) is 0. The summed E-state index contributed by atoms with van der Waals surface area (Å²) in [6, 6.07) is 13.8. The molecule has 0 saturated heterocycles. The lowest BCUT2D eigenvalue weighted by molar-refractivity contribution is -0.114. The fourth-order valence-electron chi connectivity index (χ4n) is 1.67. The molecule has 1 amide bonds. The van der Waals surface area contributed by atoms with Crippen molar-refractivity contribution in [3.8, 4) is 17.6 Å². The lowest BCUT2D eigenvalue weighted by Gasteiger charge is -2.10. The smallest absolute Gasteiger partial charge is 0.221 e. The minimum atomic E-state index is -0.188. The fraction of sp³-hybridized carbons (Fsp3) is 0.0667. The van der Waals surface area contributed by atoms with E-state index in [1.54, 1.807) is 42.5 Å². The maximum absolute atomic E-state index is 11.0. The van der Waals surface area contributed by atoms with Crippen LogP contribution in [0.1, 0.15) is 12.5 Å². The number of ether oxygens (including phenoxy) is 1. The van der Waals surface area contributed by atoms with Crippen LogP contribution in [0.5, 0.6) is 11.5 Å². The van der Waals surface area contributed by atoms with Gasteiger partial charge in [0.25, 0.3) is 0 Å². The first kappa shape index (κ1) is 13.4. The highest BCUT2D eigenvalue weighted by Gasteiger charge is 2.04. The number of nitrogens with two attached hydrogens (primary N) is 1. The van der Waals surface area contributed by atoms with Crippen LogP contribution >= 0.6 is 0 Å².